The maximum absolute atomic E-state index is 12.4. The van der Waals surface area contributed by atoms with Crippen LogP contribution in [0.2, 0.25) is 0 Å². The fraction of sp³-hybridized carbons (Fsp3) is 0.419. The van der Waals surface area contributed by atoms with Crippen molar-refractivity contribution in [2.24, 2.45) is 10.7 Å². The van der Waals surface area contributed by atoms with E-state index in [1.54, 1.807) is 24.3 Å². The molecular formula is C31H40N6O4S2. The third-order valence-corrected chi connectivity index (χ3v) is 9.12. The van der Waals surface area contributed by atoms with Gasteiger partial charge in [0.2, 0.25) is 11.0 Å². The molecule has 0 radical (unpaired) electrons. The minimum atomic E-state index is -3.18. The first kappa shape index (κ1) is 33.7. The highest BCUT2D eigenvalue weighted by atomic mass is 32.2. The number of nitrogens with two attached hydrogens (primary N) is 1. The number of amidine groups is 1. The van der Waals surface area contributed by atoms with Crippen LogP contribution in [0.4, 0.5) is 5.13 Å². The predicted molar refractivity (Wildman–Crippen MR) is 172 cm³/mol. The predicted octanol–water partition coefficient (Wildman–Crippen LogP) is 5.07. The van der Waals surface area contributed by atoms with Crippen LogP contribution < -0.4 is 11.1 Å². The number of unbranched alkanes of at least 4 members (excludes halogenated alkanes) is 2. The summed E-state index contributed by atoms with van der Waals surface area (Å²) in [6, 6.07) is 16.5. The van der Waals surface area contributed by atoms with Gasteiger partial charge < -0.3 is 16.5 Å². The summed E-state index contributed by atoms with van der Waals surface area (Å²) in [4.78, 5) is 28.6. The molecule has 10 nitrogen and oxygen atoms in total. The molecule has 43 heavy (non-hydrogen) atoms. The number of benzene rings is 2. The third kappa shape index (κ3) is 13.4. The summed E-state index contributed by atoms with van der Waals surface area (Å²) in [6.07, 6.45) is 5.45. The fourth-order valence-corrected chi connectivity index (χ4v) is 6.68. The zero-order valence-corrected chi connectivity index (χ0v) is 26.2. The van der Waals surface area contributed by atoms with E-state index in [0.29, 0.717) is 54.1 Å². The van der Waals surface area contributed by atoms with Gasteiger partial charge in [-0.2, -0.15) is 0 Å². The molecule has 0 aliphatic rings. The second-order valence-electron chi connectivity index (χ2n) is 10.5. The molecule has 0 aliphatic heterocycles. The Bertz CT molecular complexity index is 1500. The Morgan fingerprint density at radius 2 is 1.67 bits per heavy atom. The molecule has 0 bridgehead atoms. The number of hydrogen-bond acceptors (Lipinski definition) is 8. The number of rotatable bonds is 18. The molecular weight excluding hydrogens is 585 g/mol. The maximum atomic E-state index is 12.4. The minimum absolute atomic E-state index is 0.0328. The normalized spacial score (nSPS) is 11.8. The highest BCUT2D eigenvalue weighted by Crippen LogP contribution is 2.18. The Morgan fingerprint density at radius 3 is 2.44 bits per heavy atom. The molecule has 12 heteroatoms. The summed E-state index contributed by atoms with van der Waals surface area (Å²) in [7, 11) is -3.18. The molecule has 0 spiro atoms. The van der Waals surface area contributed by atoms with Crippen molar-refractivity contribution in [1.29, 1.82) is 5.41 Å². The van der Waals surface area contributed by atoms with Crippen molar-refractivity contribution in [3.8, 4) is 0 Å². The van der Waals surface area contributed by atoms with Gasteiger partial charge in [-0.15, -0.1) is 10.2 Å². The van der Waals surface area contributed by atoms with Crippen LogP contribution in [-0.4, -0.2) is 47.7 Å². The Hall–Kier alpha value is -3.77. The van der Waals surface area contributed by atoms with E-state index in [1.165, 1.54) is 11.3 Å². The van der Waals surface area contributed by atoms with Crippen molar-refractivity contribution in [3.63, 3.8) is 0 Å². The number of hydrogen-bond donors (Lipinski definition) is 3. The number of anilines is 1. The van der Waals surface area contributed by atoms with Gasteiger partial charge in [-0.05, 0) is 48.8 Å². The first-order valence-corrected chi connectivity index (χ1v) is 17.1. The standard InChI is InChI=1S/C31H40N6O4S2/c1-2-3-18-43(40,41)22-25-13-9-12-24(19-25)21-28(38)34-27(33)17-16-26(32)14-7-8-15-30-36-37-31(42-30)35-29(39)20-23-10-5-4-6-11-23/h4-6,9-13,19,32H,2-3,7-8,14-18,20-22H2,1H3,(H2,33,34,38)(H,35,37,39). The number of carbonyl (C=O) groups is 2. The molecule has 1 heterocycles. The number of sulfone groups is 1. The number of aliphatic imine (C=N–C) groups is 1. The second kappa shape index (κ2) is 17.4. The van der Waals surface area contributed by atoms with Gasteiger partial charge in [0.15, 0.2) is 9.84 Å². The lowest BCUT2D eigenvalue weighted by molar-refractivity contribution is -0.117. The number of nitrogens with zero attached hydrogens (tertiary/aromatic N) is 3. The lowest BCUT2D eigenvalue weighted by atomic mass is 10.1. The number of nitrogens with one attached hydrogen (secondary N) is 2. The van der Waals surface area contributed by atoms with Gasteiger partial charge in [-0.25, -0.2) is 13.4 Å². The van der Waals surface area contributed by atoms with Gasteiger partial charge in [0.05, 0.1) is 24.3 Å². The van der Waals surface area contributed by atoms with Crippen molar-refractivity contribution < 1.29 is 18.0 Å². The van der Waals surface area contributed by atoms with Crippen molar-refractivity contribution in [2.75, 3.05) is 11.1 Å². The first-order chi connectivity index (χ1) is 20.6. The monoisotopic (exact) mass is 624 g/mol. The summed E-state index contributed by atoms with van der Waals surface area (Å²) >= 11 is 1.36. The molecule has 0 aliphatic carbocycles. The van der Waals surface area contributed by atoms with E-state index in [-0.39, 0.29) is 36.1 Å². The molecule has 0 atom stereocenters. The van der Waals surface area contributed by atoms with Crippen molar-refractivity contribution in [1.82, 2.24) is 10.2 Å². The van der Waals surface area contributed by atoms with Crippen LogP contribution in [0.25, 0.3) is 0 Å². The van der Waals surface area contributed by atoms with E-state index in [2.05, 4.69) is 20.5 Å². The molecule has 0 saturated heterocycles. The topological polar surface area (TPSA) is 168 Å². The molecule has 0 fully saturated rings. The minimum Gasteiger partial charge on any atom is -0.387 e. The Labute approximate surface area is 257 Å². The SMILES string of the molecule is CCCCS(=O)(=O)Cc1cccc(CC(=O)N=C(N)CCC(=N)CCCCc2nnc(NC(=O)Cc3ccccc3)s2)c1. The lowest BCUT2D eigenvalue weighted by Gasteiger charge is -2.06. The molecule has 1 aromatic heterocycles. The Morgan fingerprint density at radius 1 is 0.930 bits per heavy atom. The number of aromatic nitrogens is 2. The molecule has 230 valence electrons. The smallest absolute Gasteiger partial charge is 0.251 e. The van der Waals surface area contributed by atoms with Crippen LogP contribution in [-0.2, 0) is 44.4 Å². The van der Waals surface area contributed by atoms with Gasteiger partial charge in [0.25, 0.3) is 5.91 Å². The summed E-state index contributed by atoms with van der Waals surface area (Å²) in [5.74, 6) is -0.237. The summed E-state index contributed by atoms with van der Waals surface area (Å²) < 4.78 is 24.5. The van der Waals surface area contributed by atoms with E-state index in [1.807, 2.05) is 37.3 Å². The maximum Gasteiger partial charge on any atom is 0.251 e. The Balaban J connectivity index is 1.33. The van der Waals surface area contributed by atoms with Crippen LogP contribution in [0.3, 0.4) is 0 Å². The van der Waals surface area contributed by atoms with Gasteiger partial charge >= 0.3 is 0 Å². The highest BCUT2D eigenvalue weighted by Gasteiger charge is 2.13. The van der Waals surface area contributed by atoms with E-state index >= 15 is 0 Å². The van der Waals surface area contributed by atoms with Crippen LogP contribution in [0.5, 0.6) is 0 Å². The van der Waals surface area contributed by atoms with Gasteiger partial charge in [-0.3, -0.25) is 9.59 Å². The fourth-order valence-electron chi connectivity index (χ4n) is 4.32. The van der Waals surface area contributed by atoms with E-state index < -0.39 is 15.7 Å². The van der Waals surface area contributed by atoms with E-state index in [4.69, 9.17) is 11.1 Å². The van der Waals surface area contributed by atoms with Crippen LogP contribution in [0, 0.1) is 5.41 Å². The molecule has 4 N–H and O–H groups in total. The van der Waals surface area contributed by atoms with Crippen molar-refractivity contribution in [3.05, 3.63) is 76.3 Å². The largest absolute Gasteiger partial charge is 0.387 e. The second-order valence-corrected chi connectivity index (χ2v) is 13.7. The molecule has 3 rings (SSSR count). The number of amides is 2. The first-order valence-electron chi connectivity index (χ1n) is 14.5. The molecule has 2 aromatic carbocycles. The molecule has 0 saturated carbocycles. The zero-order chi connectivity index (χ0) is 31.1. The summed E-state index contributed by atoms with van der Waals surface area (Å²) in [5.41, 5.74) is 8.77. The van der Waals surface area contributed by atoms with Crippen LogP contribution in [0.15, 0.2) is 59.6 Å². The van der Waals surface area contributed by atoms with Gasteiger partial charge in [-0.1, -0.05) is 79.3 Å². The summed E-state index contributed by atoms with van der Waals surface area (Å²) in [6.45, 7) is 1.95. The van der Waals surface area contributed by atoms with Crippen LogP contribution >= 0.6 is 11.3 Å². The number of aryl methyl sites for hydroxylation is 1. The zero-order valence-electron chi connectivity index (χ0n) is 24.5. The lowest BCUT2D eigenvalue weighted by Crippen LogP contribution is -2.16. The van der Waals surface area contributed by atoms with E-state index in [9.17, 15) is 18.0 Å². The highest BCUT2D eigenvalue weighted by molar-refractivity contribution is 7.90. The average molecular weight is 625 g/mol. The third-order valence-electron chi connectivity index (χ3n) is 6.53. The van der Waals surface area contributed by atoms with E-state index in [0.717, 1.165) is 29.8 Å². The van der Waals surface area contributed by atoms with Crippen LogP contribution in [0.1, 0.15) is 73.6 Å². The van der Waals surface area contributed by atoms with Crippen molar-refractivity contribution >= 4 is 49.7 Å². The molecule has 0 unspecified atom stereocenters. The summed E-state index contributed by atoms with van der Waals surface area (Å²) in [5, 5.41) is 20.5. The Kier molecular flexibility index (Phi) is 13.6. The average Bonchev–Trinajstić information content (AvgIpc) is 3.40. The molecule has 3 aromatic rings. The van der Waals surface area contributed by atoms with Gasteiger partial charge in [0.1, 0.15) is 10.8 Å². The van der Waals surface area contributed by atoms with Gasteiger partial charge in [0, 0.05) is 18.6 Å². The quantitative estimate of drug-likeness (QED) is 0.101. The van der Waals surface area contributed by atoms with Crippen molar-refractivity contribution in [2.45, 2.75) is 76.9 Å². The molecule has 2 amide bonds. The number of carbonyl (C=O) groups excluding carboxylic acids is 2.